The average molecular weight is 503 g/mol. The van der Waals surface area contributed by atoms with Crippen LogP contribution in [-0.2, 0) is 15.7 Å². The van der Waals surface area contributed by atoms with Crippen molar-refractivity contribution in [2.24, 2.45) is 5.92 Å². The van der Waals surface area contributed by atoms with Crippen LogP contribution < -0.4 is 10.1 Å². The highest BCUT2D eigenvalue weighted by atomic mass is 35.5. The van der Waals surface area contributed by atoms with Crippen molar-refractivity contribution in [3.05, 3.63) is 88.9 Å². The molecule has 0 saturated heterocycles. The van der Waals surface area contributed by atoms with Gasteiger partial charge >= 0.3 is 12.1 Å². The zero-order valence-electron chi connectivity index (χ0n) is 18.8. The number of benzene rings is 3. The van der Waals surface area contributed by atoms with Crippen LogP contribution in [0.1, 0.15) is 31.1 Å². The van der Waals surface area contributed by atoms with Gasteiger partial charge < -0.3 is 14.8 Å². The van der Waals surface area contributed by atoms with E-state index in [1.165, 1.54) is 0 Å². The molecule has 1 N–H and O–H groups in total. The van der Waals surface area contributed by atoms with E-state index in [2.05, 4.69) is 5.32 Å². The maximum Gasteiger partial charge on any atom is 0.416 e. The van der Waals surface area contributed by atoms with Gasteiger partial charge in [-0.05, 0) is 48.4 Å². The second-order valence-electron chi connectivity index (χ2n) is 7.99. The number of hydrogen-bond acceptors (Lipinski definition) is 5. The van der Waals surface area contributed by atoms with E-state index in [9.17, 15) is 23.2 Å². The molecule has 0 aromatic heterocycles. The third kappa shape index (κ3) is 6.90. The van der Waals surface area contributed by atoms with Gasteiger partial charge in [0, 0.05) is 5.56 Å². The van der Waals surface area contributed by atoms with E-state index >= 15 is 0 Å². The van der Waals surface area contributed by atoms with Crippen molar-refractivity contribution in [3.8, 4) is 17.6 Å². The Hall–Kier alpha value is -3.70. The molecule has 0 saturated carbocycles. The summed E-state index contributed by atoms with van der Waals surface area (Å²) in [6, 6.07) is 19.4. The minimum Gasteiger partial charge on any atom is -0.457 e. The molecule has 35 heavy (non-hydrogen) atoms. The van der Waals surface area contributed by atoms with Crippen molar-refractivity contribution < 1.29 is 27.4 Å². The number of nitrogens with one attached hydrogen (secondary N) is 1. The molecule has 0 heterocycles. The fraction of sp³-hybridized carbons (Fsp3) is 0.231. The van der Waals surface area contributed by atoms with E-state index in [0.717, 1.165) is 18.2 Å². The van der Waals surface area contributed by atoms with Crippen LogP contribution in [0.2, 0.25) is 5.02 Å². The van der Waals surface area contributed by atoms with Gasteiger partial charge in [0.15, 0.2) is 0 Å². The monoisotopic (exact) mass is 502 g/mol. The fourth-order valence-corrected chi connectivity index (χ4v) is 3.43. The van der Waals surface area contributed by atoms with Crippen molar-refractivity contribution in [2.45, 2.75) is 32.2 Å². The molecule has 0 unspecified atom stereocenters. The van der Waals surface area contributed by atoms with Gasteiger partial charge in [0.2, 0.25) is 6.10 Å². The Kier molecular flexibility index (Phi) is 8.26. The highest BCUT2D eigenvalue weighted by Crippen LogP contribution is 2.34. The lowest BCUT2D eigenvalue weighted by Gasteiger charge is -2.24. The third-order valence-electron chi connectivity index (χ3n) is 5.02. The second-order valence-corrected chi connectivity index (χ2v) is 8.40. The molecule has 5 nitrogen and oxygen atoms in total. The molecule has 3 rings (SSSR count). The molecule has 0 aliphatic heterocycles. The third-order valence-corrected chi connectivity index (χ3v) is 5.33. The Morgan fingerprint density at radius 1 is 1.00 bits per heavy atom. The number of anilines is 1. The maximum atomic E-state index is 13.0. The molecule has 0 aliphatic rings. The van der Waals surface area contributed by atoms with E-state index in [4.69, 9.17) is 21.1 Å². The van der Waals surface area contributed by atoms with Gasteiger partial charge in [0.1, 0.15) is 23.6 Å². The lowest BCUT2D eigenvalue weighted by atomic mass is 10.0. The van der Waals surface area contributed by atoms with Gasteiger partial charge in [0.05, 0.1) is 16.3 Å². The van der Waals surface area contributed by atoms with Gasteiger partial charge in [0.25, 0.3) is 0 Å². The topological polar surface area (TPSA) is 71.3 Å². The molecule has 182 valence electrons. The molecular weight excluding hydrogens is 481 g/mol. The molecular formula is C26H22ClF3N2O3. The number of para-hydroxylation sites is 1. The van der Waals surface area contributed by atoms with Crippen LogP contribution in [-0.4, -0.2) is 12.0 Å². The van der Waals surface area contributed by atoms with E-state index in [-0.39, 0.29) is 16.6 Å². The van der Waals surface area contributed by atoms with Crippen molar-refractivity contribution in [1.29, 1.82) is 5.26 Å². The molecule has 0 amide bonds. The molecule has 3 aromatic carbocycles. The van der Waals surface area contributed by atoms with Gasteiger partial charge in [-0.25, -0.2) is 4.79 Å². The first-order valence-electron chi connectivity index (χ1n) is 10.6. The number of esters is 1. The van der Waals surface area contributed by atoms with Gasteiger partial charge in [-0.3, -0.25) is 0 Å². The lowest BCUT2D eigenvalue weighted by Crippen LogP contribution is -2.36. The Balaban J connectivity index is 1.75. The summed E-state index contributed by atoms with van der Waals surface area (Å²) in [6.07, 6.45) is -5.77. The first-order chi connectivity index (χ1) is 16.6. The minimum atomic E-state index is -4.54. The molecule has 0 fully saturated rings. The molecule has 9 heteroatoms. The molecule has 0 bridgehead atoms. The first kappa shape index (κ1) is 25.9. The standard InChI is InChI=1S/C26H22ClF3N2O3/c1-16(2)24(32-22-12-11-18(14-21(22)27)26(28,29)30)25(33)35-23(15-31)17-7-6-10-20(13-17)34-19-8-4-3-5-9-19/h3-14,16,23-24,32H,1-2H3/t23-,24-/m1/s1. The summed E-state index contributed by atoms with van der Waals surface area (Å²) in [5.41, 5.74) is -0.356. The summed E-state index contributed by atoms with van der Waals surface area (Å²) >= 11 is 6.02. The van der Waals surface area contributed by atoms with Crippen molar-refractivity contribution in [1.82, 2.24) is 0 Å². The fourth-order valence-electron chi connectivity index (χ4n) is 3.20. The number of alkyl halides is 3. The largest absolute Gasteiger partial charge is 0.457 e. The highest BCUT2D eigenvalue weighted by molar-refractivity contribution is 6.33. The Morgan fingerprint density at radius 2 is 1.69 bits per heavy atom. The van der Waals surface area contributed by atoms with Gasteiger partial charge in [-0.15, -0.1) is 0 Å². The SMILES string of the molecule is CC(C)[C@@H](Nc1ccc(C(F)(F)F)cc1Cl)C(=O)O[C@H](C#N)c1cccc(Oc2ccccc2)c1. The highest BCUT2D eigenvalue weighted by Gasteiger charge is 2.32. The number of rotatable bonds is 8. The molecule has 3 aromatic rings. The Labute approximate surface area is 206 Å². The number of nitrogens with zero attached hydrogens (tertiary/aromatic N) is 1. The van der Waals surface area contributed by atoms with Crippen LogP contribution >= 0.6 is 11.6 Å². The summed E-state index contributed by atoms with van der Waals surface area (Å²) < 4.78 is 50.0. The number of halogens is 4. The number of carbonyl (C=O) groups excluding carboxylic acids is 1. The molecule has 2 atom stereocenters. The minimum absolute atomic E-state index is 0.141. The summed E-state index contributed by atoms with van der Waals surface area (Å²) in [7, 11) is 0. The molecule has 0 radical (unpaired) electrons. The average Bonchev–Trinajstić information content (AvgIpc) is 2.81. The summed E-state index contributed by atoms with van der Waals surface area (Å²) in [5.74, 6) is -0.0161. The van der Waals surface area contributed by atoms with Crippen LogP contribution in [0.25, 0.3) is 0 Å². The van der Waals surface area contributed by atoms with E-state index < -0.39 is 29.9 Å². The normalized spacial score (nSPS) is 13.0. The number of carbonyl (C=O) groups is 1. The van der Waals surface area contributed by atoms with Crippen LogP contribution in [0.4, 0.5) is 18.9 Å². The zero-order chi connectivity index (χ0) is 25.6. The number of nitriles is 1. The van der Waals surface area contributed by atoms with Crippen LogP contribution in [0.5, 0.6) is 11.5 Å². The summed E-state index contributed by atoms with van der Waals surface area (Å²) in [4.78, 5) is 13.0. The maximum absolute atomic E-state index is 13.0. The van der Waals surface area contributed by atoms with Crippen molar-refractivity contribution >= 4 is 23.3 Å². The van der Waals surface area contributed by atoms with Crippen molar-refractivity contribution in [3.63, 3.8) is 0 Å². The molecule has 0 aliphatic carbocycles. The van der Waals surface area contributed by atoms with Gasteiger partial charge in [-0.2, -0.15) is 18.4 Å². The van der Waals surface area contributed by atoms with Crippen LogP contribution in [0, 0.1) is 17.2 Å². The molecule has 0 spiro atoms. The van der Waals surface area contributed by atoms with Crippen LogP contribution in [0.15, 0.2) is 72.8 Å². The van der Waals surface area contributed by atoms with E-state index in [1.54, 1.807) is 50.2 Å². The predicted molar refractivity (Wildman–Crippen MR) is 126 cm³/mol. The summed E-state index contributed by atoms with van der Waals surface area (Å²) in [5, 5.41) is 12.3. The number of ether oxygens (including phenoxy) is 2. The zero-order valence-corrected chi connectivity index (χ0v) is 19.6. The lowest BCUT2D eigenvalue weighted by molar-refractivity contribution is -0.149. The van der Waals surface area contributed by atoms with Gasteiger partial charge in [-0.1, -0.05) is 55.8 Å². The Bertz CT molecular complexity index is 1210. The van der Waals surface area contributed by atoms with E-state index in [0.29, 0.717) is 17.1 Å². The second kappa shape index (κ2) is 11.2. The smallest absolute Gasteiger partial charge is 0.416 e. The predicted octanol–water partition coefficient (Wildman–Crippen LogP) is 7.40. The quantitative estimate of drug-likeness (QED) is 0.325. The van der Waals surface area contributed by atoms with Crippen molar-refractivity contribution in [2.75, 3.05) is 5.32 Å². The first-order valence-corrected chi connectivity index (χ1v) is 11.0. The summed E-state index contributed by atoms with van der Waals surface area (Å²) in [6.45, 7) is 3.46. The number of hydrogen-bond donors (Lipinski definition) is 1. The van der Waals surface area contributed by atoms with E-state index in [1.807, 2.05) is 24.3 Å². The Morgan fingerprint density at radius 3 is 2.29 bits per heavy atom. The van der Waals surface area contributed by atoms with Crippen LogP contribution in [0.3, 0.4) is 0 Å².